The first-order chi connectivity index (χ1) is 7.76. The van der Waals surface area contributed by atoms with Gasteiger partial charge in [-0.2, -0.15) is 0 Å². The monoisotopic (exact) mass is 252 g/mol. The second-order valence-corrected chi connectivity index (χ2v) is 3.01. The second-order valence-electron chi connectivity index (χ2n) is 3.01. The highest BCUT2D eigenvalue weighted by molar-refractivity contribution is 5.49. The first kappa shape index (κ1) is 13.2. The summed E-state index contributed by atoms with van der Waals surface area (Å²) >= 11 is 0. The molecule has 0 fully saturated rings. The molecule has 0 bridgehead atoms. The summed E-state index contributed by atoms with van der Waals surface area (Å²) in [6, 6.07) is 0. The molecule has 9 heteroatoms. The van der Waals surface area contributed by atoms with Crippen molar-refractivity contribution in [2.45, 2.75) is 19.9 Å². The molecule has 1 heterocycles. The lowest BCUT2D eigenvalue weighted by Gasteiger charge is -2.13. The Balaban J connectivity index is 3.32. The van der Waals surface area contributed by atoms with E-state index in [9.17, 15) is 23.3 Å². The molecule has 0 aromatic carbocycles. The Morgan fingerprint density at radius 1 is 1.59 bits per heavy atom. The van der Waals surface area contributed by atoms with Crippen LogP contribution in [0.25, 0.3) is 0 Å². The largest absolute Gasteiger partial charge is 0.573 e. The van der Waals surface area contributed by atoms with Crippen molar-refractivity contribution >= 4 is 5.69 Å². The first-order valence-electron chi connectivity index (χ1n) is 4.25. The van der Waals surface area contributed by atoms with Crippen LogP contribution in [0.3, 0.4) is 0 Å². The maximum atomic E-state index is 12.1. The van der Waals surface area contributed by atoms with Gasteiger partial charge in [0.1, 0.15) is 11.9 Å². The highest BCUT2D eigenvalue weighted by Gasteiger charge is 2.34. The molecule has 0 spiro atoms. The van der Waals surface area contributed by atoms with Gasteiger partial charge in [-0.15, -0.1) is 13.2 Å². The molecule has 0 aliphatic heterocycles. The molecule has 94 valence electrons. The van der Waals surface area contributed by atoms with E-state index in [4.69, 9.17) is 5.11 Å². The maximum Gasteiger partial charge on any atom is 0.573 e. The van der Waals surface area contributed by atoms with E-state index in [2.05, 4.69) is 9.72 Å². The van der Waals surface area contributed by atoms with Crippen molar-refractivity contribution in [3.63, 3.8) is 0 Å². The SMILES string of the molecule is Cc1c([N+](=O)[O-])cnc(CO)c1OC(F)(F)F. The van der Waals surface area contributed by atoms with Gasteiger partial charge in [0.15, 0.2) is 5.75 Å². The van der Waals surface area contributed by atoms with Crippen LogP contribution in [0.4, 0.5) is 18.9 Å². The predicted molar refractivity (Wildman–Crippen MR) is 48.2 cm³/mol. The Labute approximate surface area is 92.8 Å². The molecule has 1 N–H and O–H groups in total. The van der Waals surface area contributed by atoms with E-state index in [1.165, 1.54) is 0 Å². The third kappa shape index (κ3) is 3.03. The van der Waals surface area contributed by atoms with Gasteiger partial charge in [-0.1, -0.05) is 0 Å². The molecule has 6 nitrogen and oxygen atoms in total. The third-order valence-electron chi connectivity index (χ3n) is 1.89. The Bertz CT molecular complexity index is 447. The first-order valence-corrected chi connectivity index (χ1v) is 4.25. The molecule has 1 rings (SSSR count). The van der Waals surface area contributed by atoms with Crippen LogP contribution in [0.2, 0.25) is 0 Å². The minimum absolute atomic E-state index is 0.341. The third-order valence-corrected chi connectivity index (χ3v) is 1.89. The molecule has 0 aliphatic carbocycles. The molecular weight excluding hydrogens is 245 g/mol. The molecule has 1 aromatic rings. The van der Waals surface area contributed by atoms with Gasteiger partial charge in [-0.05, 0) is 6.92 Å². The Morgan fingerprint density at radius 2 is 2.18 bits per heavy atom. The van der Waals surface area contributed by atoms with Crippen molar-refractivity contribution in [1.29, 1.82) is 0 Å². The minimum atomic E-state index is -5.01. The molecule has 0 radical (unpaired) electrons. The highest BCUT2D eigenvalue weighted by Crippen LogP contribution is 2.33. The van der Waals surface area contributed by atoms with Crippen LogP contribution in [-0.2, 0) is 6.61 Å². The molecule has 0 aliphatic rings. The van der Waals surface area contributed by atoms with Crippen molar-refractivity contribution in [2.24, 2.45) is 0 Å². The number of nitrogens with zero attached hydrogens (tertiary/aromatic N) is 2. The predicted octanol–water partition coefficient (Wildman–Crippen LogP) is 1.69. The van der Waals surface area contributed by atoms with Gasteiger partial charge in [-0.25, -0.2) is 4.98 Å². The van der Waals surface area contributed by atoms with Crippen LogP contribution in [0.1, 0.15) is 11.3 Å². The Morgan fingerprint density at radius 3 is 2.59 bits per heavy atom. The molecule has 0 saturated heterocycles. The van der Waals surface area contributed by atoms with Crippen LogP contribution in [0.5, 0.6) is 5.75 Å². The summed E-state index contributed by atoms with van der Waals surface area (Å²) in [5, 5.41) is 19.3. The van der Waals surface area contributed by atoms with Crippen LogP contribution in [0.15, 0.2) is 6.20 Å². The highest BCUT2D eigenvalue weighted by atomic mass is 19.4. The topological polar surface area (TPSA) is 85.5 Å². The minimum Gasteiger partial charge on any atom is -0.403 e. The van der Waals surface area contributed by atoms with Crippen molar-refractivity contribution in [1.82, 2.24) is 4.98 Å². The number of aliphatic hydroxyl groups is 1. The number of aromatic nitrogens is 1. The lowest BCUT2D eigenvalue weighted by molar-refractivity contribution is -0.386. The van der Waals surface area contributed by atoms with Crippen molar-refractivity contribution in [3.8, 4) is 5.75 Å². The quantitative estimate of drug-likeness (QED) is 0.653. The number of alkyl halides is 3. The summed E-state index contributed by atoms with van der Waals surface area (Å²) < 4.78 is 39.8. The smallest absolute Gasteiger partial charge is 0.403 e. The number of aliphatic hydroxyl groups excluding tert-OH is 1. The average molecular weight is 252 g/mol. The summed E-state index contributed by atoms with van der Waals surface area (Å²) in [5.74, 6) is -0.839. The lowest BCUT2D eigenvalue weighted by Crippen LogP contribution is -2.19. The second kappa shape index (κ2) is 4.53. The zero-order valence-electron chi connectivity index (χ0n) is 8.48. The summed E-state index contributed by atoms with van der Waals surface area (Å²) in [5.41, 5.74) is -1.36. The van der Waals surface area contributed by atoms with Gasteiger partial charge in [-0.3, -0.25) is 10.1 Å². The lowest BCUT2D eigenvalue weighted by atomic mass is 10.2. The standard InChI is InChI=1S/C8H7F3N2O4/c1-4-6(13(15)16)2-12-5(3-14)7(4)17-8(9,10)11/h2,14H,3H2,1H3. The Hall–Kier alpha value is -1.90. The molecular formula is C8H7F3N2O4. The van der Waals surface area contributed by atoms with E-state index in [-0.39, 0.29) is 5.56 Å². The van der Waals surface area contributed by atoms with E-state index in [0.717, 1.165) is 13.1 Å². The zero-order chi connectivity index (χ0) is 13.2. The number of ether oxygens (including phenoxy) is 1. The van der Waals surface area contributed by atoms with Gasteiger partial charge < -0.3 is 9.84 Å². The average Bonchev–Trinajstić information content (AvgIpc) is 2.18. The summed E-state index contributed by atoms with van der Waals surface area (Å²) in [4.78, 5) is 13.0. The van der Waals surface area contributed by atoms with Gasteiger partial charge in [0.2, 0.25) is 0 Å². The molecule has 17 heavy (non-hydrogen) atoms. The number of hydrogen-bond acceptors (Lipinski definition) is 5. The Kier molecular flexibility index (Phi) is 3.51. The van der Waals surface area contributed by atoms with E-state index in [1.54, 1.807) is 0 Å². The molecule has 1 aromatic heterocycles. The summed E-state index contributed by atoms with van der Waals surface area (Å²) in [7, 11) is 0. The molecule has 0 atom stereocenters. The fraction of sp³-hybridized carbons (Fsp3) is 0.375. The van der Waals surface area contributed by atoms with Crippen LogP contribution in [-0.4, -0.2) is 21.4 Å². The van der Waals surface area contributed by atoms with Crippen LogP contribution < -0.4 is 4.74 Å². The van der Waals surface area contributed by atoms with Gasteiger partial charge >= 0.3 is 6.36 Å². The molecule has 0 amide bonds. The van der Waals surface area contributed by atoms with Crippen molar-refractivity contribution < 1.29 is 27.9 Å². The van der Waals surface area contributed by atoms with Crippen LogP contribution >= 0.6 is 0 Å². The number of nitro groups is 1. The van der Waals surface area contributed by atoms with Gasteiger partial charge in [0.05, 0.1) is 17.1 Å². The zero-order valence-corrected chi connectivity index (χ0v) is 8.48. The number of rotatable bonds is 3. The summed E-state index contributed by atoms with van der Waals surface area (Å²) in [6.07, 6.45) is -4.24. The van der Waals surface area contributed by atoms with E-state index >= 15 is 0 Å². The van der Waals surface area contributed by atoms with Gasteiger partial charge in [0.25, 0.3) is 5.69 Å². The number of halogens is 3. The molecule has 0 unspecified atom stereocenters. The van der Waals surface area contributed by atoms with Crippen molar-refractivity contribution in [3.05, 3.63) is 27.6 Å². The molecule has 0 saturated carbocycles. The normalized spacial score (nSPS) is 11.4. The summed E-state index contributed by atoms with van der Waals surface area (Å²) in [6.45, 7) is 0.268. The maximum absolute atomic E-state index is 12.1. The van der Waals surface area contributed by atoms with E-state index in [1.807, 2.05) is 0 Å². The number of hydrogen-bond donors (Lipinski definition) is 1. The number of pyridine rings is 1. The van der Waals surface area contributed by atoms with Gasteiger partial charge in [0, 0.05) is 0 Å². The van der Waals surface area contributed by atoms with Crippen molar-refractivity contribution in [2.75, 3.05) is 0 Å². The fourth-order valence-electron chi connectivity index (χ4n) is 1.18. The van der Waals surface area contributed by atoms with Crippen LogP contribution in [0, 0.1) is 17.0 Å². The van der Waals surface area contributed by atoms with E-state index < -0.39 is 35.0 Å². The fourth-order valence-corrected chi connectivity index (χ4v) is 1.18. The van der Waals surface area contributed by atoms with E-state index in [0.29, 0.717) is 0 Å².